The highest BCUT2D eigenvalue weighted by Crippen LogP contribution is 2.25. The number of halogens is 2. The van der Waals surface area contributed by atoms with Crippen molar-refractivity contribution in [3.8, 4) is 11.3 Å². The molecule has 2 heterocycles. The van der Waals surface area contributed by atoms with Crippen LogP contribution >= 0.6 is 15.9 Å². The molecule has 2 N–H and O–H groups in total. The van der Waals surface area contributed by atoms with Gasteiger partial charge in [0.15, 0.2) is 0 Å². The van der Waals surface area contributed by atoms with Crippen LogP contribution in [0.15, 0.2) is 53.3 Å². The van der Waals surface area contributed by atoms with Gasteiger partial charge in [-0.05, 0) is 46.3 Å². The highest BCUT2D eigenvalue weighted by Gasteiger charge is 2.07. The van der Waals surface area contributed by atoms with E-state index in [2.05, 4.69) is 41.5 Å². The molecule has 0 saturated heterocycles. The smallest absolute Gasteiger partial charge is 0.224 e. The van der Waals surface area contributed by atoms with Crippen molar-refractivity contribution in [3.63, 3.8) is 0 Å². The number of hydrogen-bond acceptors (Lipinski definition) is 5. The van der Waals surface area contributed by atoms with Gasteiger partial charge < -0.3 is 10.6 Å². The summed E-state index contributed by atoms with van der Waals surface area (Å²) in [6.07, 6.45) is 3.43. The summed E-state index contributed by atoms with van der Waals surface area (Å²) in [5, 5.41) is 6.00. The maximum Gasteiger partial charge on any atom is 0.224 e. The van der Waals surface area contributed by atoms with Crippen molar-refractivity contribution < 1.29 is 4.39 Å². The number of aromatic nitrogens is 3. The first-order valence-electron chi connectivity index (χ1n) is 6.85. The minimum absolute atomic E-state index is 0.342. The van der Waals surface area contributed by atoms with E-state index in [1.807, 2.05) is 12.1 Å². The van der Waals surface area contributed by atoms with Gasteiger partial charge in [0.2, 0.25) is 5.95 Å². The molecule has 116 valence electrons. The van der Waals surface area contributed by atoms with Gasteiger partial charge in [0.05, 0.1) is 10.2 Å². The Morgan fingerprint density at radius 3 is 2.70 bits per heavy atom. The van der Waals surface area contributed by atoms with Crippen molar-refractivity contribution in [1.29, 1.82) is 0 Å². The van der Waals surface area contributed by atoms with Crippen LogP contribution in [-0.4, -0.2) is 22.0 Å². The van der Waals surface area contributed by atoms with Crippen molar-refractivity contribution >= 4 is 33.4 Å². The quantitative estimate of drug-likeness (QED) is 0.716. The van der Waals surface area contributed by atoms with Crippen molar-refractivity contribution in [2.24, 2.45) is 0 Å². The van der Waals surface area contributed by atoms with Crippen molar-refractivity contribution in [2.45, 2.75) is 0 Å². The van der Waals surface area contributed by atoms with Crippen molar-refractivity contribution in [1.82, 2.24) is 15.0 Å². The Morgan fingerprint density at radius 1 is 1.13 bits per heavy atom. The molecule has 0 radical (unpaired) electrons. The first-order valence-corrected chi connectivity index (χ1v) is 7.64. The fourth-order valence-electron chi connectivity index (χ4n) is 2.01. The molecule has 3 rings (SSSR count). The lowest BCUT2D eigenvalue weighted by Crippen LogP contribution is -2.02. The third-order valence-corrected chi connectivity index (χ3v) is 3.74. The number of hydrogen-bond donors (Lipinski definition) is 2. The molecule has 0 aliphatic carbocycles. The summed E-state index contributed by atoms with van der Waals surface area (Å²) in [6.45, 7) is 0. The van der Waals surface area contributed by atoms with E-state index in [1.54, 1.807) is 37.6 Å². The lowest BCUT2D eigenvalue weighted by atomic mass is 10.2. The molecule has 7 heteroatoms. The van der Waals surface area contributed by atoms with Crippen LogP contribution < -0.4 is 10.6 Å². The first kappa shape index (κ1) is 15.4. The summed E-state index contributed by atoms with van der Waals surface area (Å²) < 4.78 is 14.0. The number of pyridine rings is 1. The molecule has 0 aliphatic rings. The van der Waals surface area contributed by atoms with E-state index < -0.39 is 0 Å². The van der Waals surface area contributed by atoms with Crippen LogP contribution in [-0.2, 0) is 0 Å². The van der Waals surface area contributed by atoms with Crippen molar-refractivity contribution in [2.75, 3.05) is 17.7 Å². The van der Waals surface area contributed by atoms with Crippen LogP contribution in [0.4, 0.5) is 21.8 Å². The molecule has 5 nitrogen and oxygen atoms in total. The molecule has 0 fully saturated rings. The molecule has 2 aromatic heterocycles. The number of rotatable bonds is 4. The van der Waals surface area contributed by atoms with Crippen LogP contribution in [0, 0.1) is 5.82 Å². The SMILES string of the molecule is CNc1nc(Nc2ccc(Br)c(F)c2)cc(-c2cccnc2)n1. The third-order valence-electron chi connectivity index (χ3n) is 3.10. The number of benzene rings is 1. The van der Waals surface area contributed by atoms with E-state index in [9.17, 15) is 4.39 Å². The molecular weight excluding hydrogens is 361 g/mol. The van der Waals surface area contributed by atoms with E-state index in [-0.39, 0.29) is 5.82 Å². The van der Waals surface area contributed by atoms with Crippen LogP contribution in [0.3, 0.4) is 0 Å². The Labute approximate surface area is 141 Å². The molecule has 23 heavy (non-hydrogen) atoms. The minimum atomic E-state index is -0.342. The van der Waals surface area contributed by atoms with Crippen LogP contribution in [0.5, 0.6) is 0 Å². The maximum absolute atomic E-state index is 13.6. The number of anilines is 3. The maximum atomic E-state index is 13.6. The summed E-state index contributed by atoms with van der Waals surface area (Å²) in [7, 11) is 1.74. The fourth-order valence-corrected chi connectivity index (χ4v) is 2.25. The van der Waals surface area contributed by atoms with E-state index in [1.165, 1.54) is 6.07 Å². The predicted octanol–water partition coefficient (Wildman–Crippen LogP) is 4.23. The Hall–Kier alpha value is -2.54. The van der Waals surface area contributed by atoms with Crippen LogP contribution in [0.2, 0.25) is 0 Å². The Bertz CT molecular complexity index is 826. The molecule has 0 spiro atoms. The Morgan fingerprint density at radius 2 is 2.00 bits per heavy atom. The molecule has 0 bridgehead atoms. The summed E-state index contributed by atoms with van der Waals surface area (Å²) in [6, 6.07) is 10.3. The summed E-state index contributed by atoms with van der Waals surface area (Å²) >= 11 is 3.13. The zero-order valence-corrected chi connectivity index (χ0v) is 13.8. The molecule has 1 aromatic carbocycles. The van der Waals surface area contributed by atoms with Gasteiger partial charge in [-0.2, -0.15) is 4.98 Å². The lowest BCUT2D eigenvalue weighted by molar-refractivity contribution is 0.622. The van der Waals surface area contributed by atoms with E-state index in [0.717, 1.165) is 11.3 Å². The van der Waals surface area contributed by atoms with Crippen LogP contribution in [0.25, 0.3) is 11.3 Å². The zero-order valence-electron chi connectivity index (χ0n) is 12.2. The Balaban J connectivity index is 1.97. The normalized spacial score (nSPS) is 10.4. The molecule has 0 aliphatic heterocycles. The first-order chi connectivity index (χ1) is 11.2. The zero-order chi connectivity index (χ0) is 16.2. The standard InChI is InChI=1S/C16H13BrFN5/c1-19-16-22-14(10-3-2-6-20-9-10)8-15(23-16)21-11-4-5-12(17)13(18)7-11/h2-9H,1H3,(H2,19,21,22,23). The molecule has 3 aromatic rings. The van der Waals surface area contributed by atoms with E-state index in [0.29, 0.717) is 21.9 Å². The molecule has 0 atom stereocenters. The van der Waals surface area contributed by atoms with Crippen molar-refractivity contribution in [3.05, 3.63) is 59.1 Å². The van der Waals surface area contributed by atoms with Gasteiger partial charge >= 0.3 is 0 Å². The minimum Gasteiger partial charge on any atom is -0.357 e. The van der Waals surface area contributed by atoms with Gasteiger partial charge in [-0.25, -0.2) is 9.37 Å². The van der Waals surface area contributed by atoms with Gasteiger partial charge in [0.1, 0.15) is 11.6 Å². The average molecular weight is 374 g/mol. The third kappa shape index (κ3) is 3.62. The predicted molar refractivity (Wildman–Crippen MR) is 92.2 cm³/mol. The number of nitrogens with one attached hydrogen (secondary N) is 2. The van der Waals surface area contributed by atoms with Gasteiger partial charge in [0, 0.05) is 36.8 Å². The molecular formula is C16H13BrFN5. The van der Waals surface area contributed by atoms with Gasteiger partial charge in [-0.1, -0.05) is 0 Å². The van der Waals surface area contributed by atoms with Gasteiger partial charge in [-0.3, -0.25) is 4.98 Å². The molecule has 0 saturated carbocycles. The van der Waals surface area contributed by atoms with E-state index >= 15 is 0 Å². The summed E-state index contributed by atoms with van der Waals surface area (Å²) in [5.41, 5.74) is 2.19. The summed E-state index contributed by atoms with van der Waals surface area (Å²) in [5.74, 6) is 0.682. The average Bonchev–Trinajstić information content (AvgIpc) is 2.58. The Kier molecular flexibility index (Phi) is 4.47. The van der Waals surface area contributed by atoms with Gasteiger partial charge in [-0.15, -0.1) is 0 Å². The van der Waals surface area contributed by atoms with E-state index in [4.69, 9.17) is 0 Å². The fraction of sp³-hybridized carbons (Fsp3) is 0.0625. The second kappa shape index (κ2) is 6.70. The lowest BCUT2D eigenvalue weighted by Gasteiger charge is -2.10. The topological polar surface area (TPSA) is 62.7 Å². The largest absolute Gasteiger partial charge is 0.357 e. The van der Waals surface area contributed by atoms with Gasteiger partial charge in [0.25, 0.3) is 0 Å². The highest BCUT2D eigenvalue weighted by molar-refractivity contribution is 9.10. The summed E-state index contributed by atoms with van der Waals surface area (Å²) in [4.78, 5) is 12.8. The highest BCUT2D eigenvalue weighted by atomic mass is 79.9. The molecule has 0 amide bonds. The monoisotopic (exact) mass is 373 g/mol. The molecule has 0 unspecified atom stereocenters. The second-order valence-electron chi connectivity index (χ2n) is 4.71. The van der Waals surface area contributed by atoms with Crippen LogP contribution in [0.1, 0.15) is 0 Å². The number of nitrogens with zero attached hydrogens (tertiary/aromatic N) is 3. The second-order valence-corrected chi connectivity index (χ2v) is 5.56.